The van der Waals surface area contributed by atoms with E-state index in [0.717, 1.165) is 0 Å². The molecule has 0 aliphatic carbocycles. The van der Waals surface area contributed by atoms with Crippen LogP contribution in [0, 0.1) is 0 Å². The number of hydrogen-bond acceptors (Lipinski definition) is 4. The number of carbonyl (C=O) groups is 2. The molecule has 1 heterocycles. The Hall–Kier alpha value is -2.89. The number of aliphatic carboxylic acids is 1. The summed E-state index contributed by atoms with van der Waals surface area (Å²) in [6.45, 7) is 0.0524. The number of rotatable bonds is 6. The quantitative estimate of drug-likeness (QED) is 0.884. The number of ether oxygens (including phenoxy) is 1. The van der Waals surface area contributed by atoms with Crippen LogP contribution in [0.5, 0.6) is 5.75 Å². The van der Waals surface area contributed by atoms with Gasteiger partial charge in [-0.15, -0.1) is 0 Å². The smallest absolute Gasteiger partial charge is 0.305 e. The van der Waals surface area contributed by atoms with E-state index < -0.39 is 5.97 Å². The van der Waals surface area contributed by atoms with Gasteiger partial charge in [-0.2, -0.15) is 0 Å². The third-order valence-corrected chi connectivity index (χ3v) is 3.10. The van der Waals surface area contributed by atoms with Crippen LogP contribution >= 0.6 is 0 Å². The van der Waals surface area contributed by atoms with Crippen LogP contribution in [-0.2, 0) is 4.79 Å². The molecular weight excluding hydrogens is 284 g/mol. The molecule has 0 bridgehead atoms. The largest absolute Gasteiger partial charge is 0.495 e. The standard InChI is InChI=1S/C16H16N2O4/c1-22-14-5-3-2-4-13(14)18(11-8-15(19)20)16(21)12-6-9-17-10-7-12/h2-7,9-10H,8,11H2,1H3,(H,19,20). The number of methoxy groups -OCH3 is 1. The summed E-state index contributed by atoms with van der Waals surface area (Å²) in [5.41, 5.74) is 0.972. The highest BCUT2D eigenvalue weighted by atomic mass is 16.5. The van der Waals surface area contributed by atoms with Crippen LogP contribution in [0.25, 0.3) is 0 Å². The highest BCUT2D eigenvalue weighted by molar-refractivity contribution is 6.07. The van der Waals surface area contributed by atoms with Gasteiger partial charge in [0.05, 0.1) is 19.2 Å². The van der Waals surface area contributed by atoms with Gasteiger partial charge in [0, 0.05) is 24.5 Å². The highest BCUT2D eigenvalue weighted by Crippen LogP contribution is 2.29. The minimum atomic E-state index is -0.970. The minimum absolute atomic E-state index is 0.0524. The SMILES string of the molecule is COc1ccccc1N(CCC(=O)O)C(=O)c1ccncc1. The number of aromatic nitrogens is 1. The van der Waals surface area contributed by atoms with Crippen molar-refractivity contribution < 1.29 is 19.4 Å². The van der Waals surface area contributed by atoms with Crippen molar-refractivity contribution in [3.05, 3.63) is 54.4 Å². The van der Waals surface area contributed by atoms with Crippen LogP contribution in [0.15, 0.2) is 48.8 Å². The fourth-order valence-electron chi connectivity index (χ4n) is 2.04. The molecule has 0 aliphatic rings. The lowest BCUT2D eigenvalue weighted by Crippen LogP contribution is -2.33. The number of benzene rings is 1. The van der Waals surface area contributed by atoms with Crippen molar-refractivity contribution in [1.82, 2.24) is 4.98 Å². The molecule has 1 aromatic heterocycles. The van der Waals surface area contributed by atoms with Crippen LogP contribution in [0.4, 0.5) is 5.69 Å². The van der Waals surface area contributed by atoms with E-state index in [1.54, 1.807) is 36.4 Å². The van der Waals surface area contributed by atoms with Crippen molar-refractivity contribution in [3.8, 4) is 5.75 Å². The Morgan fingerprint density at radius 2 is 1.86 bits per heavy atom. The topological polar surface area (TPSA) is 79.7 Å². The number of para-hydroxylation sites is 2. The Balaban J connectivity index is 2.38. The number of amides is 1. The molecule has 6 heteroatoms. The molecule has 0 spiro atoms. The third-order valence-electron chi connectivity index (χ3n) is 3.10. The number of carboxylic acids is 1. The first-order valence-corrected chi connectivity index (χ1v) is 6.70. The van der Waals surface area contributed by atoms with Gasteiger partial charge in [-0.3, -0.25) is 14.6 Å². The second-order valence-corrected chi connectivity index (χ2v) is 4.51. The second-order valence-electron chi connectivity index (χ2n) is 4.51. The second kappa shape index (κ2) is 7.21. The van der Waals surface area contributed by atoms with Crippen LogP contribution in [0.2, 0.25) is 0 Å². The molecule has 1 aromatic carbocycles. The average Bonchev–Trinajstić information content (AvgIpc) is 2.55. The van der Waals surface area contributed by atoms with Crippen molar-refractivity contribution in [2.24, 2.45) is 0 Å². The highest BCUT2D eigenvalue weighted by Gasteiger charge is 2.21. The Labute approximate surface area is 128 Å². The number of pyridine rings is 1. The molecule has 0 saturated carbocycles. The molecule has 6 nitrogen and oxygen atoms in total. The van der Waals surface area contributed by atoms with Crippen molar-refractivity contribution in [2.45, 2.75) is 6.42 Å². The Bertz CT molecular complexity index is 658. The summed E-state index contributed by atoms with van der Waals surface area (Å²) in [5, 5.41) is 8.91. The third kappa shape index (κ3) is 3.60. The minimum Gasteiger partial charge on any atom is -0.495 e. The van der Waals surface area contributed by atoms with E-state index in [0.29, 0.717) is 17.0 Å². The predicted octanol–water partition coefficient (Wildman–Crippen LogP) is 2.21. The van der Waals surface area contributed by atoms with E-state index in [1.165, 1.54) is 24.4 Å². The zero-order valence-corrected chi connectivity index (χ0v) is 12.1. The molecule has 0 fully saturated rings. The van der Waals surface area contributed by atoms with E-state index in [2.05, 4.69) is 4.98 Å². The number of carboxylic acid groups (broad SMARTS) is 1. The monoisotopic (exact) mass is 300 g/mol. The van der Waals surface area contributed by atoms with Gasteiger partial charge in [0.2, 0.25) is 0 Å². The van der Waals surface area contributed by atoms with Crippen LogP contribution in [0.1, 0.15) is 16.8 Å². The van der Waals surface area contributed by atoms with Gasteiger partial charge in [0.15, 0.2) is 0 Å². The molecule has 0 aliphatic heterocycles. The Kier molecular flexibility index (Phi) is 5.08. The van der Waals surface area contributed by atoms with Gasteiger partial charge in [-0.25, -0.2) is 0 Å². The molecule has 0 radical (unpaired) electrons. The molecule has 0 unspecified atom stereocenters. The van der Waals surface area contributed by atoms with Gasteiger partial charge in [0.1, 0.15) is 5.75 Å². The maximum Gasteiger partial charge on any atom is 0.305 e. The average molecular weight is 300 g/mol. The molecule has 0 atom stereocenters. The fourth-order valence-corrected chi connectivity index (χ4v) is 2.04. The lowest BCUT2D eigenvalue weighted by atomic mass is 10.2. The summed E-state index contributed by atoms with van der Waals surface area (Å²) in [6.07, 6.45) is 2.88. The summed E-state index contributed by atoms with van der Waals surface area (Å²) >= 11 is 0. The predicted molar refractivity (Wildman–Crippen MR) is 81.2 cm³/mol. The molecule has 2 aromatic rings. The number of anilines is 1. The fraction of sp³-hybridized carbons (Fsp3) is 0.188. The van der Waals surface area contributed by atoms with Crippen molar-refractivity contribution in [3.63, 3.8) is 0 Å². The maximum atomic E-state index is 12.7. The number of nitrogens with zero attached hydrogens (tertiary/aromatic N) is 2. The molecule has 1 amide bonds. The lowest BCUT2D eigenvalue weighted by molar-refractivity contribution is -0.136. The maximum absolute atomic E-state index is 12.7. The Morgan fingerprint density at radius 3 is 2.50 bits per heavy atom. The van der Waals surface area contributed by atoms with E-state index in [4.69, 9.17) is 9.84 Å². The Morgan fingerprint density at radius 1 is 1.18 bits per heavy atom. The van der Waals surface area contributed by atoms with E-state index in [9.17, 15) is 9.59 Å². The zero-order chi connectivity index (χ0) is 15.9. The first-order valence-electron chi connectivity index (χ1n) is 6.70. The normalized spacial score (nSPS) is 10.0. The molecule has 22 heavy (non-hydrogen) atoms. The molecule has 2 rings (SSSR count). The van der Waals surface area contributed by atoms with Crippen LogP contribution in [-0.4, -0.2) is 35.6 Å². The van der Waals surface area contributed by atoms with Crippen molar-refractivity contribution >= 4 is 17.6 Å². The summed E-state index contributed by atoms with van der Waals surface area (Å²) < 4.78 is 5.27. The molecule has 1 N–H and O–H groups in total. The molecule has 114 valence electrons. The first-order chi connectivity index (χ1) is 10.6. The lowest BCUT2D eigenvalue weighted by Gasteiger charge is -2.24. The number of carbonyl (C=O) groups excluding carboxylic acids is 1. The number of hydrogen-bond donors (Lipinski definition) is 1. The van der Waals surface area contributed by atoms with Gasteiger partial charge in [-0.1, -0.05) is 12.1 Å². The summed E-state index contributed by atoms with van der Waals surface area (Å²) in [6, 6.07) is 10.2. The van der Waals surface area contributed by atoms with E-state index >= 15 is 0 Å². The van der Waals surface area contributed by atoms with Crippen molar-refractivity contribution in [2.75, 3.05) is 18.6 Å². The van der Waals surface area contributed by atoms with Crippen LogP contribution in [0.3, 0.4) is 0 Å². The van der Waals surface area contributed by atoms with Crippen LogP contribution < -0.4 is 9.64 Å². The van der Waals surface area contributed by atoms with Crippen molar-refractivity contribution in [1.29, 1.82) is 0 Å². The van der Waals surface area contributed by atoms with Gasteiger partial charge >= 0.3 is 5.97 Å². The summed E-state index contributed by atoms with van der Waals surface area (Å²) in [5.74, 6) is -0.758. The zero-order valence-electron chi connectivity index (χ0n) is 12.1. The first kappa shape index (κ1) is 15.5. The van der Waals surface area contributed by atoms with E-state index in [-0.39, 0.29) is 18.9 Å². The molecular formula is C16H16N2O4. The summed E-state index contributed by atoms with van der Waals surface area (Å²) in [7, 11) is 1.51. The van der Waals surface area contributed by atoms with E-state index in [1.807, 2.05) is 0 Å². The van der Waals surface area contributed by atoms with Gasteiger partial charge in [0.25, 0.3) is 5.91 Å². The summed E-state index contributed by atoms with van der Waals surface area (Å²) in [4.78, 5) is 28.8. The van der Waals surface area contributed by atoms with Gasteiger partial charge < -0.3 is 14.7 Å². The van der Waals surface area contributed by atoms with Gasteiger partial charge in [-0.05, 0) is 24.3 Å². The molecule has 0 saturated heterocycles.